The van der Waals surface area contributed by atoms with Gasteiger partial charge in [0.1, 0.15) is 36.2 Å². The highest BCUT2D eigenvalue weighted by Gasteiger charge is 2.15. The second-order valence-corrected chi connectivity index (χ2v) is 34.6. The van der Waals surface area contributed by atoms with E-state index in [1.54, 1.807) is 247 Å². The largest absolute Gasteiger partial charge is 0.490 e. The van der Waals surface area contributed by atoms with Crippen molar-refractivity contribution in [1.29, 1.82) is 0 Å². The number of ether oxygens (including phenoxy) is 3. The molecule has 0 fully saturated rings. The molecule has 15 aromatic rings. The van der Waals surface area contributed by atoms with Crippen molar-refractivity contribution in [2.45, 2.75) is 148 Å². The molecule has 0 aliphatic heterocycles. The van der Waals surface area contributed by atoms with Crippen LogP contribution < -0.4 is 14.2 Å². The minimum Gasteiger partial charge on any atom is -0.490 e. The highest BCUT2D eigenvalue weighted by molar-refractivity contribution is 7.99. The van der Waals surface area contributed by atoms with E-state index >= 15 is 0 Å². The molecule has 21 nitrogen and oxygen atoms in total. The van der Waals surface area contributed by atoms with Crippen molar-refractivity contribution in [2.75, 3.05) is 13.2 Å². The quantitative estimate of drug-likeness (QED) is 0.0325. The fraction of sp³-hybridized carbons (Fsp3) is 0.175. The lowest BCUT2D eigenvalue weighted by atomic mass is 9.97. The van der Waals surface area contributed by atoms with Crippen LogP contribution in [0.15, 0.2) is 350 Å². The number of ketones is 18. The fourth-order valence-electron chi connectivity index (χ4n) is 13.4. The van der Waals surface area contributed by atoms with E-state index in [1.807, 2.05) is 159 Å². The topological polar surface area (TPSA) is 335 Å². The molecule has 0 saturated heterocycles. The summed E-state index contributed by atoms with van der Waals surface area (Å²) in [6.45, 7) is 32.3. The average molecular weight is 2000 g/mol. The van der Waals surface area contributed by atoms with Gasteiger partial charge in [0.15, 0.2) is 104 Å². The Morgan fingerprint density at radius 1 is 0.176 bits per heavy atom. The first-order valence-corrected chi connectivity index (χ1v) is 48.0. The van der Waals surface area contributed by atoms with Crippen LogP contribution in [-0.2, 0) is 0 Å². The van der Waals surface area contributed by atoms with Crippen LogP contribution >= 0.6 is 11.8 Å². The van der Waals surface area contributed by atoms with Crippen molar-refractivity contribution in [3.63, 3.8) is 0 Å². The van der Waals surface area contributed by atoms with Crippen LogP contribution in [0.1, 0.15) is 325 Å². The van der Waals surface area contributed by atoms with E-state index in [1.165, 1.54) is 83.1 Å². The Labute approximate surface area is 868 Å². The Hall–Kier alpha value is -17.4. The maximum absolute atomic E-state index is 11.5. The summed E-state index contributed by atoms with van der Waals surface area (Å²) in [6, 6.07) is 99.9. The number of rotatable bonds is 28. The van der Waals surface area contributed by atoms with Crippen LogP contribution in [-0.4, -0.2) is 117 Å². The van der Waals surface area contributed by atoms with Crippen molar-refractivity contribution < 1.29 is 101 Å². The lowest BCUT2D eigenvalue weighted by Crippen LogP contribution is -2.09. The zero-order valence-corrected chi connectivity index (χ0v) is 87.5. The molecule has 0 atom stereocenters. The molecule has 15 rings (SSSR count). The van der Waals surface area contributed by atoms with Gasteiger partial charge >= 0.3 is 0 Å². The molecule has 0 unspecified atom stereocenters. The van der Waals surface area contributed by atoms with E-state index in [9.17, 15) is 86.3 Å². The summed E-state index contributed by atoms with van der Waals surface area (Å²) in [5.74, 6) is 3.27. The predicted molar refractivity (Wildman–Crippen MR) is 584 cm³/mol. The van der Waals surface area contributed by atoms with Crippen LogP contribution in [0.25, 0.3) is 32.7 Å². The minimum atomic E-state index is -0.0156. The number of fused-ring (bicyclic) bond motifs is 2. The van der Waals surface area contributed by atoms with Gasteiger partial charge in [-0.3, -0.25) is 86.3 Å². The third-order valence-electron chi connectivity index (χ3n) is 22.0. The Kier molecular flexibility index (Phi) is 48.6. The van der Waals surface area contributed by atoms with E-state index < -0.39 is 0 Å². The van der Waals surface area contributed by atoms with Gasteiger partial charge in [-0.05, 0) is 297 Å². The molecular formula is C126H120O21S. The van der Waals surface area contributed by atoms with Crippen molar-refractivity contribution in [2.24, 2.45) is 0 Å². The molecule has 22 heteroatoms. The van der Waals surface area contributed by atoms with E-state index in [-0.39, 0.29) is 104 Å². The SMILES string of the molecule is CC.CC(=O)c1ccc(-c2ccc(C(C)=O)cc2)cc1.CC(=O)c1ccc(C(C)=O)cc1.CC(=O)c1ccc(C(C)=O)cc1.CC(=O)c1ccc(OCCOc2ccc(C(C)=O)cc2)cc1.CC(=O)c1ccc(Oc2ccc(C(C)=O)cc2)cc1.CC(=O)c1ccc(Sc2ccc(C(C)=O)cc2)cc1.CC(=O)c1ccc2cc(C(C)=O)ccc2c1.CC(=O)c1cccc(C(C)=O)c1.CC(=O)c1cccc2c(C(C)=O)cccc12. The van der Waals surface area contributed by atoms with Gasteiger partial charge in [0.05, 0.1) is 0 Å². The molecule has 0 spiro atoms. The van der Waals surface area contributed by atoms with Crippen molar-refractivity contribution in [3.05, 3.63) is 440 Å². The lowest BCUT2D eigenvalue weighted by Gasteiger charge is -2.09. The normalized spacial score (nSPS) is 9.92. The molecule has 0 heterocycles. The molecule has 148 heavy (non-hydrogen) atoms. The van der Waals surface area contributed by atoms with Crippen LogP contribution in [0.4, 0.5) is 0 Å². The lowest BCUT2D eigenvalue weighted by molar-refractivity contribution is 0.0999. The van der Waals surface area contributed by atoms with E-state index in [0.29, 0.717) is 125 Å². The molecule has 15 aromatic carbocycles. The van der Waals surface area contributed by atoms with Crippen LogP contribution in [0.5, 0.6) is 23.0 Å². The van der Waals surface area contributed by atoms with Gasteiger partial charge in [0.2, 0.25) is 0 Å². The maximum Gasteiger partial charge on any atom is 0.160 e. The van der Waals surface area contributed by atoms with Crippen LogP contribution in [0.3, 0.4) is 0 Å². The molecule has 0 amide bonds. The van der Waals surface area contributed by atoms with Crippen LogP contribution in [0.2, 0.25) is 0 Å². The molecule has 0 radical (unpaired) electrons. The van der Waals surface area contributed by atoms with E-state index in [4.69, 9.17) is 14.2 Å². The molecule has 756 valence electrons. The Morgan fingerprint density at radius 3 is 0.561 bits per heavy atom. The second kappa shape index (κ2) is 60.3. The zero-order chi connectivity index (χ0) is 110. The number of carbonyl (C=O) groups excluding carboxylic acids is 18. The number of Topliss-reactive ketones (excluding diaryl/α,β-unsaturated/α-hetero) is 18. The molecule has 0 aliphatic rings. The monoisotopic (exact) mass is 2000 g/mol. The zero-order valence-electron chi connectivity index (χ0n) is 86.7. The smallest absolute Gasteiger partial charge is 0.160 e. The van der Waals surface area contributed by atoms with Crippen molar-refractivity contribution in [3.8, 4) is 34.1 Å². The van der Waals surface area contributed by atoms with Gasteiger partial charge in [0.25, 0.3) is 0 Å². The number of benzene rings is 15. The second-order valence-electron chi connectivity index (χ2n) is 33.4. The highest BCUT2D eigenvalue weighted by atomic mass is 32.2. The standard InChI is InChI=1S/C18H18O4.C16H14O3.C16H14O2S.C16H14O2.2C14H12O2.3C10H10O2.C2H6/c1-13(19)15-3-7-17(8-4-15)21-11-12-22-18-9-5-16(6-10-18)14(2)20;2*1-11(17)13-3-7-15(8-4-13)19-16-9-5-14(6-10-16)12(2)18;1-11(17)13-3-7-15(8-4-13)16-9-5-14(6-10-16)12(2)18;1-9(15)11-3-5-14-8-12(10(2)16)4-6-13(14)7-11;1-9(15)11-5-3-8-14-12(10(2)16)6-4-7-13(11)14;2*1-7(11)9-3-5-10(6-4-9)8(2)12;1-7(11)9-4-3-5-10(6-9)8(2)12;1-2/h3-10H,11-12H2,1-2H3;2*3-10H,1-2H3;3-10H,1-2H3;2*3-8H,1-2H3;3*3-6H,1-2H3;1-2H3. The number of hydrogen-bond acceptors (Lipinski definition) is 22. The Balaban J connectivity index is 0.000000255. The summed E-state index contributed by atoms with van der Waals surface area (Å²) in [5.41, 5.74) is 14.0. The summed E-state index contributed by atoms with van der Waals surface area (Å²) in [7, 11) is 0. The predicted octanol–water partition coefficient (Wildman–Crippen LogP) is 29.2. The highest BCUT2D eigenvalue weighted by Crippen LogP contribution is 2.31. The summed E-state index contributed by atoms with van der Waals surface area (Å²) < 4.78 is 16.7. The summed E-state index contributed by atoms with van der Waals surface area (Å²) >= 11 is 1.61. The van der Waals surface area contributed by atoms with Gasteiger partial charge in [-0.1, -0.05) is 226 Å². The van der Waals surface area contributed by atoms with Gasteiger partial charge in [-0.2, -0.15) is 0 Å². The summed E-state index contributed by atoms with van der Waals surface area (Å²) in [5, 5.41) is 3.67. The maximum atomic E-state index is 11.5. The third-order valence-corrected chi connectivity index (χ3v) is 23.0. The molecule has 0 aromatic heterocycles. The first kappa shape index (κ1) is 119. The Morgan fingerprint density at radius 2 is 0.351 bits per heavy atom. The Bertz CT molecular complexity index is 6650. The molecular weight excluding hydrogens is 1880 g/mol. The molecule has 0 saturated carbocycles. The number of hydrogen-bond donors (Lipinski definition) is 0. The molecule has 0 aliphatic carbocycles. The van der Waals surface area contributed by atoms with E-state index in [0.717, 1.165) is 53.6 Å². The average Bonchev–Trinajstić information content (AvgIpc) is 0.789. The van der Waals surface area contributed by atoms with Gasteiger partial charge in [-0.15, -0.1) is 0 Å². The number of carbonyl (C=O) groups is 18. The molecule has 0 bridgehead atoms. The fourth-order valence-corrected chi connectivity index (χ4v) is 14.2. The molecule has 0 N–H and O–H groups in total. The first-order chi connectivity index (χ1) is 70.3. The minimum absolute atomic E-state index is 0.0156. The van der Waals surface area contributed by atoms with Gasteiger partial charge in [0, 0.05) is 110 Å². The van der Waals surface area contributed by atoms with Gasteiger partial charge < -0.3 is 14.2 Å². The van der Waals surface area contributed by atoms with Crippen molar-refractivity contribution in [1.82, 2.24) is 0 Å². The van der Waals surface area contributed by atoms with Crippen molar-refractivity contribution >= 4 is 137 Å². The summed E-state index contributed by atoms with van der Waals surface area (Å²) in [6.07, 6.45) is 0. The third kappa shape index (κ3) is 39.7. The summed E-state index contributed by atoms with van der Waals surface area (Å²) in [4.78, 5) is 202. The first-order valence-electron chi connectivity index (χ1n) is 47.2. The van der Waals surface area contributed by atoms with E-state index in [2.05, 4.69) is 0 Å². The van der Waals surface area contributed by atoms with Gasteiger partial charge in [-0.25, -0.2) is 0 Å². The van der Waals surface area contributed by atoms with Crippen LogP contribution in [0, 0.1) is 0 Å².